The zero-order valence-corrected chi connectivity index (χ0v) is 12.1. The first kappa shape index (κ1) is 15.3. The molecule has 3 heteroatoms. The van der Waals surface area contributed by atoms with Gasteiger partial charge in [0.05, 0.1) is 0 Å². The summed E-state index contributed by atoms with van der Waals surface area (Å²) in [4.78, 5) is 2.28. The molecule has 0 unspecified atom stereocenters. The van der Waals surface area contributed by atoms with Gasteiger partial charge in [-0.3, -0.25) is 0 Å². The summed E-state index contributed by atoms with van der Waals surface area (Å²) in [5.41, 5.74) is 1.32. The van der Waals surface area contributed by atoms with E-state index in [0.717, 1.165) is 12.5 Å². The van der Waals surface area contributed by atoms with Crippen LogP contribution >= 0.6 is 12.4 Å². The molecule has 1 aliphatic rings. The van der Waals surface area contributed by atoms with Crippen LogP contribution in [0, 0.1) is 5.92 Å². The molecule has 0 aliphatic heterocycles. The zero-order valence-electron chi connectivity index (χ0n) is 11.3. The third-order valence-electron chi connectivity index (χ3n) is 3.81. The lowest BCUT2D eigenvalue weighted by atomic mass is 9.75. The van der Waals surface area contributed by atoms with E-state index in [9.17, 15) is 5.11 Å². The maximum absolute atomic E-state index is 9.60. The van der Waals surface area contributed by atoms with Crippen LogP contribution in [0.1, 0.15) is 37.2 Å². The van der Waals surface area contributed by atoms with Crippen molar-refractivity contribution in [2.45, 2.75) is 31.6 Å². The average molecular weight is 270 g/mol. The highest BCUT2D eigenvalue weighted by atomic mass is 35.5. The van der Waals surface area contributed by atoms with Crippen LogP contribution in [0.25, 0.3) is 0 Å². The van der Waals surface area contributed by atoms with Crippen LogP contribution < -0.4 is 0 Å². The Hall–Kier alpha value is -0.730. The van der Waals surface area contributed by atoms with Gasteiger partial charge in [0.2, 0.25) is 0 Å². The van der Waals surface area contributed by atoms with E-state index >= 15 is 0 Å². The van der Waals surface area contributed by atoms with E-state index in [1.54, 1.807) is 6.07 Å². The van der Waals surface area contributed by atoms with E-state index in [4.69, 9.17) is 0 Å². The number of aromatic hydroxyl groups is 1. The van der Waals surface area contributed by atoms with Crippen LogP contribution in [0.15, 0.2) is 24.3 Å². The largest absolute Gasteiger partial charge is 0.508 e. The Bertz CT molecular complexity index is 367. The van der Waals surface area contributed by atoms with Crippen molar-refractivity contribution in [3.8, 4) is 5.75 Å². The smallest absolute Gasteiger partial charge is 0.115 e. The summed E-state index contributed by atoms with van der Waals surface area (Å²) in [5.74, 6) is 1.76. The fourth-order valence-corrected chi connectivity index (χ4v) is 3.09. The molecule has 0 amide bonds. The summed E-state index contributed by atoms with van der Waals surface area (Å²) in [6.07, 6.45) is 5.26. The Morgan fingerprint density at radius 2 is 1.94 bits per heavy atom. The van der Waals surface area contributed by atoms with Gasteiger partial charge < -0.3 is 10.0 Å². The Labute approximate surface area is 116 Å². The molecule has 1 saturated carbocycles. The van der Waals surface area contributed by atoms with Crippen LogP contribution in [-0.4, -0.2) is 30.6 Å². The predicted octanol–water partition coefficient (Wildman–Crippen LogP) is 3.65. The molecule has 1 fully saturated rings. The molecular weight excluding hydrogens is 246 g/mol. The number of benzene rings is 1. The number of hydrogen-bond acceptors (Lipinski definition) is 2. The van der Waals surface area contributed by atoms with E-state index in [0.29, 0.717) is 11.7 Å². The van der Waals surface area contributed by atoms with Crippen molar-refractivity contribution >= 4 is 12.4 Å². The maximum atomic E-state index is 9.60. The topological polar surface area (TPSA) is 23.5 Å². The van der Waals surface area contributed by atoms with Crippen molar-refractivity contribution in [2.75, 3.05) is 20.6 Å². The average Bonchev–Trinajstić information content (AvgIpc) is 2.29. The normalized spacial score (nSPS) is 23.7. The first-order valence-corrected chi connectivity index (χ1v) is 6.60. The number of halogens is 1. The second-order valence-electron chi connectivity index (χ2n) is 5.51. The van der Waals surface area contributed by atoms with Gasteiger partial charge in [0.25, 0.3) is 0 Å². The van der Waals surface area contributed by atoms with Gasteiger partial charge in [-0.05, 0) is 56.5 Å². The number of phenols is 1. The third-order valence-corrected chi connectivity index (χ3v) is 3.81. The SMILES string of the molecule is CN(C)C[C@@H]1CCCC[C@@H]1c1cccc(O)c1.Cl. The minimum Gasteiger partial charge on any atom is -0.508 e. The van der Waals surface area contributed by atoms with E-state index in [1.807, 2.05) is 12.1 Å². The van der Waals surface area contributed by atoms with Crippen molar-refractivity contribution in [3.05, 3.63) is 29.8 Å². The van der Waals surface area contributed by atoms with Crippen LogP contribution in [0.2, 0.25) is 0 Å². The lowest BCUT2D eigenvalue weighted by Gasteiger charge is -2.33. The minimum atomic E-state index is 0. The second-order valence-corrected chi connectivity index (χ2v) is 5.51. The molecule has 102 valence electrons. The van der Waals surface area contributed by atoms with Gasteiger partial charge >= 0.3 is 0 Å². The molecule has 2 nitrogen and oxygen atoms in total. The quantitative estimate of drug-likeness (QED) is 0.905. The molecule has 0 bridgehead atoms. The van der Waals surface area contributed by atoms with Crippen molar-refractivity contribution < 1.29 is 5.11 Å². The molecule has 1 aliphatic carbocycles. The Morgan fingerprint density at radius 3 is 2.61 bits per heavy atom. The first-order valence-electron chi connectivity index (χ1n) is 6.60. The molecule has 0 heterocycles. The van der Waals surface area contributed by atoms with E-state index < -0.39 is 0 Å². The summed E-state index contributed by atoms with van der Waals surface area (Å²) in [7, 11) is 4.29. The van der Waals surface area contributed by atoms with Gasteiger partial charge in [0, 0.05) is 6.54 Å². The van der Waals surface area contributed by atoms with Crippen molar-refractivity contribution in [3.63, 3.8) is 0 Å². The molecule has 2 rings (SSSR count). The highest BCUT2D eigenvalue weighted by Crippen LogP contribution is 2.38. The first-order chi connectivity index (χ1) is 8.16. The molecule has 1 aromatic rings. The molecule has 0 spiro atoms. The summed E-state index contributed by atoms with van der Waals surface area (Å²) >= 11 is 0. The molecule has 2 atom stereocenters. The van der Waals surface area contributed by atoms with E-state index in [-0.39, 0.29) is 12.4 Å². The highest BCUT2D eigenvalue weighted by Gasteiger charge is 2.26. The summed E-state index contributed by atoms with van der Waals surface area (Å²) in [6, 6.07) is 7.83. The number of nitrogens with zero attached hydrogens (tertiary/aromatic N) is 1. The monoisotopic (exact) mass is 269 g/mol. The van der Waals surface area contributed by atoms with Crippen molar-refractivity contribution in [1.29, 1.82) is 0 Å². The standard InChI is InChI=1S/C15H23NO.ClH/c1-16(2)11-13-6-3-4-9-15(13)12-7-5-8-14(17)10-12;/h5,7-8,10,13,15,17H,3-4,6,9,11H2,1-2H3;1H/t13-,15+;/m0./s1. The number of hydrogen-bond donors (Lipinski definition) is 1. The molecule has 0 saturated heterocycles. The van der Waals surface area contributed by atoms with Gasteiger partial charge in [-0.1, -0.05) is 25.0 Å². The van der Waals surface area contributed by atoms with Gasteiger partial charge in [-0.25, -0.2) is 0 Å². The highest BCUT2D eigenvalue weighted by molar-refractivity contribution is 5.85. The van der Waals surface area contributed by atoms with Gasteiger partial charge in [0.1, 0.15) is 5.75 Å². The van der Waals surface area contributed by atoms with Crippen molar-refractivity contribution in [1.82, 2.24) is 4.90 Å². The lowest BCUT2D eigenvalue weighted by molar-refractivity contribution is 0.233. The second kappa shape index (κ2) is 7.01. The van der Waals surface area contributed by atoms with Gasteiger partial charge in [-0.15, -0.1) is 12.4 Å². The lowest BCUT2D eigenvalue weighted by Crippen LogP contribution is -2.28. The molecule has 1 N–H and O–H groups in total. The number of rotatable bonds is 3. The van der Waals surface area contributed by atoms with Gasteiger partial charge in [0.15, 0.2) is 0 Å². The Morgan fingerprint density at radius 1 is 1.22 bits per heavy atom. The zero-order chi connectivity index (χ0) is 12.3. The predicted molar refractivity (Wildman–Crippen MR) is 78.6 cm³/mol. The Kier molecular flexibility index (Phi) is 5.97. The van der Waals surface area contributed by atoms with Crippen LogP contribution in [0.3, 0.4) is 0 Å². The molecule has 0 aromatic heterocycles. The molecule has 18 heavy (non-hydrogen) atoms. The third kappa shape index (κ3) is 3.89. The molecule has 0 radical (unpaired) electrons. The summed E-state index contributed by atoms with van der Waals surface area (Å²) < 4.78 is 0. The van der Waals surface area contributed by atoms with Crippen LogP contribution in [0.5, 0.6) is 5.75 Å². The van der Waals surface area contributed by atoms with E-state index in [1.165, 1.54) is 31.2 Å². The Balaban J connectivity index is 0.00000162. The van der Waals surface area contributed by atoms with Crippen molar-refractivity contribution in [2.24, 2.45) is 5.92 Å². The fourth-order valence-electron chi connectivity index (χ4n) is 3.09. The summed E-state index contributed by atoms with van der Waals surface area (Å²) in [6.45, 7) is 1.15. The fraction of sp³-hybridized carbons (Fsp3) is 0.600. The molecular formula is C15H24ClNO. The molecule has 1 aromatic carbocycles. The van der Waals surface area contributed by atoms with Gasteiger partial charge in [-0.2, -0.15) is 0 Å². The van der Waals surface area contributed by atoms with Crippen LogP contribution in [-0.2, 0) is 0 Å². The number of phenolic OH excluding ortho intramolecular Hbond substituents is 1. The summed E-state index contributed by atoms with van der Waals surface area (Å²) in [5, 5.41) is 9.60. The maximum Gasteiger partial charge on any atom is 0.115 e. The van der Waals surface area contributed by atoms with E-state index in [2.05, 4.69) is 25.1 Å². The minimum absolute atomic E-state index is 0. The van der Waals surface area contributed by atoms with Crippen LogP contribution in [0.4, 0.5) is 0 Å².